The molecule has 0 heterocycles. The molecule has 6 nitrogen and oxygen atoms in total. The summed E-state index contributed by atoms with van der Waals surface area (Å²) in [6, 6.07) is 1.60. The van der Waals surface area contributed by atoms with Gasteiger partial charge >= 0.3 is 29.0 Å². The van der Waals surface area contributed by atoms with Gasteiger partial charge in [0.15, 0.2) is 0 Å². The molecule has 0 aliphatic carbocycles. The maximum Gasteiger partial charge on any atom is 2.00 e. The molecule has 0 aliphatic rings. The first-order valence-electron chi connectivity index (χ1n) is 3.42. The molecule has 1 aromatic rings. The van der Waals surface area contributed by atoms with E-state index in [4.69, 9.17) is 10.2 Å². The molecule has 15 heavy (non-hydrogen) atoms. The van der Waals surface area contributed by atoms with E-state index in [-0.39, 0.29) is 17.1 Å². The minimum Gasteiger partial charge on any atom is -0.872 e. The molecule has 7 heteroatoms. The first-order chi connectivity index (χ1) is 6.45. The Bertz CT molecular complexity index is 375. The first-order valence-corrected chi connectivity index (χ1v) is 3.42. The summed E-state index contributed by atoms with van der Waals surface area (Å²) in [4.78, 5) is 20.7. The van der Waals surface area contributed by atoms with Gasteiger partial charge in [-0.2, -0.15) is 0 Å². The molecule has 0 fully saturated rings. The molecule has 0 atom stereocenters. The van der Waals surface area contributed by atoms with Crippen molar-refractivity contribution in [3.05, 3.63) is 23.3 Å². The Labute approximate surface area is 94.3 Å². The maximum atomic E-state index is 11.0. The van der Waals surface area contributed by atoms with Crippen LogP contribution < -0.4 is 10.2 Å². The van der Waals surface area contributed by atoms with Crippen LogP contribution in [0.5, 0.6) is 11.5 Å². The average molecular weight is 252 g/mol. The van der Waals surface area contributed by atoms with Crippen LogP contribution in [-0.4, -0.2) is 22.2 Å². The number of rotatable bonds is 2. The summed E-state index contributed by atoms with van der Waals surface area (Å²) in [6.07, 6.45) is 0. The molecule has 0 spiro atoms. The van der Waals surface area contributed by atoms with Crippen LogP contribution in [-0.2, 0) is 17.1 Å². The van der Waals surface area contributed by atoms with E-state index in [9.17, 15) is 19.8 Å². The topological polar surface area (TPSA) is 121 Å². The van der Waals surface area contributed by atoms with Crippen LogP contribution in [0.2, 0.25) is 0 Å². The van der Waals surface area contributed by atoms with E-state index in [0.717, 1.165) is 12.1 Å². The van der Waals surface area contributed by atoms with Crippen LogP contribution in [0.15, 0.2) is 12.1 Å². The largest absolute Gasteiger partial charge is 2.00 e. The van der Waals surface area contributed by atoms with Crippen molar-refractivity contribution in [1.29, 1.82) is 0 Å². The van der Waals surface area contributed by atoms with Gasteiger partial charge in [-0.25, -0.2) is 9.59 Å². The molecule has 80 valence electrons. The van der Waals surface area contributed by atoms with E-state index in [1.807, 2.05) is 0 Å². The first kappa shape index (κ1) is 13.3. The number of carboxylic acid groups (broad SMARTS) is 2. The molecule has 2 N–H and O–H groups in total. The van der Waals surface area contributed by atoms with Crippen LogP contribution in [0.3, 0.4) is 0 Å². The minimum atomic E-state index is -1.55. The minimum absolute atomic E-state index is 0. The third-order valence-electron chi connectivity index (χ3n) is 1.57. The maximum absolute atomic E-state index is 11.0. The predicted molar refractivity (Wildman–Crippen MR) is 39.3 cm³/mol. The third-order valence-corrected chi connectivity index (χ3v) is 1.57. The summed E-state index contributed by atoms with van der Waals surface area (Å²) >= 11 is 0. The molecule has 0 amide bonds. The van der Waals surface area contributed by atoms with E-state index < -0.39 is 34.6 Å². The molecule has 0 aliphatic heterocycles. The fraction of sp³-hybridized carbons (Fsp3) is 0. The zero-order chi connectivity index (χ0) is 10.9. The van der Waals surface area contributed by atoms with Crippen LogP contribution in [0, 0.1) is 0 Å². The molecule has 0 aromatic heterocycles. The Balaban J connectivity index is 0.00000196. The van der Waals surface area contributed by atoms with Gasteiger partial charge in [-0.1, -0.05) is 0 Å². The number of carbonyl (C=O) groups is 2. The molecule has 0 bridgehead atoms. The Morgan fingerprint density at radius 1 is 0.933 bits per heavy atom. The zero-order valence-electron chi connectivity index (χ0n) is 7.04. The number of benzene rings is 1. The molecular weight excluding hydrogens is 248 g/mol. The zero-order valence-corrected chi connectivity index (χ0v) is 8.14. The van der Waals surface area contributed by atoms with Crippen molar-refractivity contribution in [2.24, 2.45) is 0 Å². The molecule has 0 radical (unpaired) electrons. The number of aromatic carboxylic acids is 2. The fourth-order valence-corrected chi connectivity index (χ4v) is 0.899. The Morgan fingerprint density at radius 2 is 1.20 bits per heavy atom. The van der Waals surface area contributed by atoms with E-state index in [1.54, 1.807) is 0 Å². The SMILES string of the molecule is O=C(O)c1ccc(C(=O)O)c([O-])c1[O-].[Fe+2]. The van der Waals surface area contributed by atoms with E-state index >= 15 is 0 Å². The summed E-state index contributed by atoms with van der Waals surface area (Å²) in [5, 5.41) is 38.8. The van der Waals surface area contributed by atoms with Gasteiger partial charge in [0.05, 0.1) is 11.1 Å². The van der Waals surface area contributed by atoms with Crippen LogP contribution in [0.4, 0.5) is 0 Å². The van der Waals surface area contributed by atoms with Gasteiger partial charge in [0.25, 0.3) is 0 Å². The van der Waals surface area contributed by atoms with Crippen molar-refractivity contribution in [3.63, 3.8) is 0 Å². The second kappa shape index (κ2) is 4.68. The normalized spacial score (nSPS) is 9.07. The second-order valence-corrected chi connectivity index (χ2v) is 2.43. The van der Waals surface area contributed by atoms with Crippen molar-refractivity contribution < 1.29 is 47.1 Å². The van der Waals surface area contributed by atoms with Crippen molar-refractivity contribution >= 4 is 11.9 Å². The smallest absolute Gasteiger partial charge is 0.872 e. The van der Waals surface area contributed by atoms with Gasteiger partial charge in [0.1, 0.15) is 0 Å². The van der Waals surface area contributed by atoms with Crippen molar-refractivity contribution in [2.75, 3.05) is 0 Å². The van der Waals surface area contributed by atoms with Gasteiger partial charge in [-0.3, -0.25) is 0 Å². The summed E-state index contributed by atoms with van der Waals surface area (Å²) in [5.74, 6) is -5.72. The van der Waals surface area contributed by atoms with E-state index in [2.05, 4.69) is 0 Å². The molecule has 0 unspecified atom stereocenters. The molecule has 1 rings (SSSR count). The number of carboxylic acids is 2. The van der Waals surface area contributed by atoms with Gasteiger partial charge < -0.3 is 20.4 Å². The second-order valence-electron chi connectivity index (χ2n) is 2.43. The monoisotopic (exact) mass is 252 g/mol. The predicted octanol–water partition coefficient (Wildman–Crippen LogP) is -0.772. The van der Waals surface area contributed by atoms with E-state index in [0.29, 0.717) is 0 Å². The van der Waals surface area contributed by atoms with E-state index in [1.165, 1.54) is 0 Å². The van der Waals surface area contributed by atoms with Gasteiger partial charge in [0.2, 0.25) is 0 Å². The molecule has 0 saturated heterocycles. The van der Waals surface area contributed by atoms with Crippen molar-refractivity contribution in [1.82, 2.24) is 0 Å². The van der Waals surface area contributed by atoms with Gasteiger partial charge in [-0.05, 0) is 12.1 Å². The number of hydrogen-bond acceptors (Lipinski definition) is 4. The summed E-state index contributed by atoms with van der Waals surface area (Å²) in [6.45, 7) is 0. The third kappa shape index (κ3) is 2.39. The summed E-state index contributed by atoms with van der Waals surface area (Å²) < 4.78 is 0. The summed E-state index contributed by atoms with van der Waals surface area (Å²) in [7, 11) is 0. The molecule has 0 saturated carbocycles. The van der Waals surface area contributed by atoms with Crippen LogP contribution in [0.25, 0.3) is 0 Å². The summed E-state index contributed by atoms with van der Waals surface area (Å²) in [5.41, 5.74) is -1.44. The van der Waals surface area contributed by atoms with Crippen LogP contribution >= 0.6 is 0 Å². The quantitative estimate of drug-likeness (QED) is 0.666. The van der Waals surface area contributed by atoms with Crippen molar-refractivity contribution in [3.8, 4) is 11.5 Å². The number of hydrogen-bond donors (Lipinski definition) is 2. The van der Waals surface area contributed by atoms with Gasteiger partial charge in [0, 0.05) is 0 Å². The average Bonchev–Trinajstić information content (AvgIpc) is 2.08. The molecular formula is C8H4FeO6. The standard InChI is InChI=1S/C8H6O6.Fe/c9-5-3(7(11)12)1-2-4(6(5)10)8(13)14;/h1-2,9-10H,(H,11,12)(H,13,14);/q;+2/p-2. The van der Waals surface area contributed by atoms with Crippen LogP contribution in [0.1, 0.15) is 20.7 Å². The molecule has 1 aromatic carbocycles. The van der Waals surface area contributed by atoms with Gasteiger partial charge in [-0.15, -0.1) is 11.5 Å². The fourth-order valence-electron chi connectivity index (χ4n) is 0.899. The Hall–Kier alpha value is -1.72. The Morgan fingerprint density at radius 3 is 1.40 bits per heavy atom. The Kier molecular flexibility index (Phi) is 4.14. The van der Waals surface area contributed by atoms with Crippen molar-refractivity contribution in [2.45, 2.75) is 0 Å².